The fraction of sp³-hybridized carbons (Fsp3) is 0.100. The molecule has 3 N–H and O–H groups in total. The maximum absolute atomic E-state index is 6.03. The minimum Gasteiger partial charge on any atom is -0.370 e. The Hall–Kier alpha value is -3.45. The van der Waals surface area contributed by atoms with Crippen LogP contribution in [0.4, 0.5) is 17.5 Å². The van der Waals surface area contributed by atoms with Gasteiger partial charge >= 0.3 is 0 Å². The van der Waals surface area contributed by atoms with E-state index in [1.54, 1.807) is 18.7 Å². The average molecular weight is 392 g/mol. The highest BCUT2D eigenvalue weighted by Gasteiger charge is 2.05. The lowest BCUT2D eigenvalue weighted by Crippen LogP contribution is -2.06. The number of imidazole rings is 1. The fourth-order valence-electron chi connectivity index (χ4n) is 2.71. The van der Waals surface area contributed by atoms with E-state index < -0.39 is 0 Å². The monoisotopic (exact) mass is 391 g/mol. The molecule has 0 aliphatic heterocycles. The molecule has 7 nitrogen and oxygen atoms in total. The van der Waals surface area contributed by atoms with Crippen LogP contribution in [-0.4, -0.2) is 31.5 Å². The maximum Gasteiger partial charge on any atom is 0.227 e. The molecular weight excluding hydrogens is 374 g/mol. The minimum absolute atomic E-state index is 0.505. The third-order valence-electron chi connectivity index (χ3n) is 4.05. The highest BCUT2D eigenvalue weighted by atomic mass is 35.5. The minimum atomic E-state index is 0.505. The zero-order chi connectivity index (χ0) is 19.2. The largest absolute Gasteiger partial charge is 0.370 e. The Labute approximate surface area is 167 Å². The Balaban J connectivity index is 1.46. The molecule has 0 bridgehead atoms. The van der Waals surface area contributed by atoms with Gasteiger partial charge in [-0.15, -0.1) is 0 Å². The van der Waals surface area contributed by atoms with Crippen LogP contribution in [0.5, 0.6) is 0 Å². The summed E-state index contributed by atoms with van der Waals surface area (Å²) in [5, 5.41) is 7.15. The second kappa shape index (κ2) is 8.49. The number of hydrogen-bond acceptors (Lipinski definition) is 6. The lowest BCUT2D eigenvalue weighted by Gasteiger charge is -2.09. The third kappa shape index (κ3) is 4.63. The zero-order valence-electron chi connectivity index (χ0n) is 14.9. The van der Waals surface area contributed by atoms with Gasteiger partial charge in [-0.05, 0) is 36.4 Å². The maximum atomic E-state index is 6.03. The summed E-state index contributed by atoms with van der Waals surface area (Å²) in [7, 11) is 0. The van der Waals surface area contributed by atoms with Crippen molar-refractivity contribution >= 4 is 29.1 Å². The molecule has 0 unspecified atom stereocenters. The number of rotatable bonds is 7. The molecule has 4 aromatic rings. The summed E-state index contributed by atoms with van der Waals surface area (Å²) >= 11 is 6.03. The van der Waals surface area contributed by atoms with Crippen molar-refractivity contribution in [3.8, 4) is 11.3 Å². The van der Waals surface area contributed by atoms with Crippen LogP contribution in [-0.2, 0) is 6.42 Å². The first-order valence-corrected chi connectivity index (χ1v) is 9.17. The molecule has 4 rings (SSSR count). The lowest BCUT2D eigenvalue weighted by molar-refractivity contribution is 0.968. The SMILES string of the molecule is Clc1cccc(Nc2nccc(-c3ccnc(NCCc4cnc[nH]4)c3)n2)c1. The fourth-order valence-corrected chi connectivity index (χ4v) is 2.90. The van der Waals surface area contributed by atoms with Crippen molar-refractivity contribution in [2.75, 3.05) is 17.2 Å². The van der Waals surface area contributed by atoms with Crippen LogP contribution >= 0.6 is 11.6 Å². The Kier molecular flexibility index (Phi) is 5.44. The third-order valence-corrected chi connectivity index (χ3v) is 4.28. The van der Waals surface area contributed by atoms with E-state index in [1.165, 1.54) is 0 Å². The number of halogens is 1. The number of H-pyrrole nitrogens is 1. The second-order valence-corrected chi connectivity index (χ2v) is 6.52. The van der Waals surface area contributed by atoms with Crippen molar-refractivity contribution in [3.63, 3.8) is 0 Å². The van der Waals surface area contributed by atoms with Gasteiger partial charge in [0.2, 0.25) is 5.95 Å². The summed E-state index contributed by atoms with van der Waals surface area (Å²) < 4.78 is 0. The van der Waals surface area contributed by atoms with E-state index in [4.69, 9.17) is 11.6 Å². The van der Waals surface area contributed by atoms with Gasteiger partial charge in [0, 0.05) is 53.5 Å². The predicted octanol–water partition coefficient (Wildman–Crippen LogP) is 4.31. The number of pyridine rings is 1. The number of benzene rings is 1. The first-order valence-electron chi connectivity index (χ1n) is 8.79. The summed E-state index contributed by atoms with van der Waals surface area (Å²) in [6, 6.07) is 13.2. The smallest absolute Gasteiger partial charge is 0.227 e. The van der Waals surface area contributed by atoms with E-state index >= 15 is 0 Å². The van der Waals surface area contributed by atoms with Gasteiger partial charge in [-0.1, -0.05) is 17.7 Å². The molecule has 0 saturated heterocycles. The summed E-state index contributed by atoms with van der Waals surface area (Å²) in [5.41, 5.74) is 3.67. The molecule has 0 saturated carbocycles. The lowest BCUT2D eigenvalue weighted by atomic mass is 10.2. The molecule has 0 atom stereocenters. The molecule has 3 aromatic heterocycles. The van der Waals surface area contributed by atoms with Crippen molar-refractivity contribution in [1.82, 2.24) is 24.9 Å². The summed E-state index contributed by atoms with van der Waals surface area (Å²) in [5.74, 6) is 1.30. The van der Waals surface area contributed by atoms with Gasteiger partial charge in [0.15, 0.2) is 0 Å². The molecule has 1 aromatic carbocycles. The Morgan fingerprint density at radius 2 is 1.96 bits per heavy atom. The average Bonchev–Trinajstić information content (AvgIpc) is 3.22. The quantitative estimate of drug-likeness (QED) is 0.434. The van der Waals surface area contributed by atoms with Gasteiger partial charge in [-0.2, -0.15) is 0 Å². The van der Waals surface area contributed by atoms with Crippen molar-refractivity contribution in [3.05, 3.63) is 78.1 Å². The van der Waals surface area contributed by atoms with E-state index in [0.717, 1.165) is 41.4 Å². The van der Waals surface area contributed by atoms with E-state index in [0.29, 0.717) is 11.0 Å². The second-order valence-electron chi connectivity index (χ2n) is 6.08. The summed E-state index contributed by atoms with van der Waals surface area (Å²) in [6.45, 7) is 0.754. The molecule has 0 radical (unpaired) electrons. The number of aromatic amines is 1. The van der Waals surface area contributed by atoms with E-state index in [2.05, 4.69) is 35.6 Å². The van der Waals surface area contributed by atoms with Crippen LogP contribution in [0.2, 0.25) is 5.02 Å². The van der Waals surface area contributed by atoms with Crippen molar-refractivity contribution < 1.29 is 0 Å². The molecule has 28 heavy (non-hydrogen) atoms. The van der Waals surface area contributed by atoms with Crippen LogP contribution in [0.1, 0.15) is 5.69 Å². The first-order chi connectivity index (χ1) is 13.8. The molecule has 0 fully saturated rings. The van der Waals surface area contributed by atoms with Gasteiger partial charge in [-0.3, -0.25) is 0 Å². The summed E-state index contributed by atoms with van der Waals surface area (Å²) in [6.07, 6.45) is 7.83. The van der Waals surface area contributed by atoms with E-state index in [-0.39, 0.29) is 0 Å². The Morgan fingerprint density at radius 3 is 2.82 bits per heavy atom. The van der Waals surface area contributed by atoms with Gasteiger partial charge in [-0.25, -0.2) is 19.9 Å². The van der Waals surface area contributed by atoms with E-state index in [1.807, 2.05) is 48.7 Å². The molecule has 0 spiro atoms. The zero-order valence-corrected chi connectivity index (χ0v) is 15.7. The molecule has 0 aliphatic carbocycles. The molecule has 140 valence electrons. The van der Waals surface area contributed by atoms with Gasteiger partial charge in [0.05, 0.1) is 12.0 Å². The highest BCUT2D eigenvalue weighted by Crippen LogP contribution is 2.22. The van der Waals surface area contributed by atoms with Gasteiger partial charge < -0.3 is 15.6 Å². The predicted molar refractivity (Wildman–Crippen MR) is 111 cm³/mol. The number of aromatic nitrogens is 5. The Morgan fingerprint density at radius 1 is 1.04 bits per heavy atom. The van der Waals surface area contributed by atoms with Crippen molar-refractivity contribution in [2.45, 2.75) is 6.42 Å². The van der Waals surface area contributed by atoms with Gasteiger partial charge in [0.1, 0.15) is 5.82 Å². The van der Waals surface area contributed by atoms with Crippen LogP contribution < -0.4 is 10.6 Å². The number of nitrogens with one attached hydrogen (secondary N) is 3. The number of hydrogen-bond donors (Lipinski definition) is 3. The molecule has 0 amide bonds. The van der Waals surface area contributed by atoms with Crippen LogP contribution in [0.3, 0.4) is 0 Å². The number of nitrogens with zero attached hydrogens (tertiary/aromatic N) is 4. The topological polar surface area (TPSA) is 91.4 Å². The number of anilines is 3. The van der Waals surface area contributed by atoms with Crippen LogP contribution in [0, 0.1) is 0 Å². The molecule has 3 heterocycles. The highest BCUT2D eigenvalue weighted by molar-refractivity contribution is 6.30. The van der Waals surface area contributed by atoms with Crippen LogP contribution in [0.15, 0.2) is 67.4 Å². The van der Waals surface area contributed by atoms with Crippen molar-refractivity contribution in [1.29, 1.82) is 0 Å². The molecular formula is C20H18ClN7. The van der Waals surface area contributed by atoms with Crippen molar-refractivity contribution in [2.24, 2.45) is 0 Å². The molecule has 0 aliphatic rings. The van der Waals surface area contributed by atoms with E-state index in [9.17, 15) is 0 Å². The first kappa shape index (κ1) is 17.9. The summed E-state index contributed by atoms with van der Waals surface area (Å²) in [4.78, 5) is 20.4. The Bertz CT molecular complexity index is 1050. The van der Waals surface area contributed by atoms with Crippen LogP contribution in [0.25, 0.3) is 11.3 Å². The standard InChI is InChI=1S/C20H18ClN7/c21-15-2-1-3-16(11-15)27-20-25-9-6-18(28-20)14-4-7-23-19(10-14)24-8-5-17-12-22-13-26-17/h1-4,6-7,9-13H,5,8H2,(H,22,26)(H,23,24)(H,25,27,28). The van der Waals surface area contributed by atoms with Gasteiger partial charge in [0.25, 0.3) is 0 Å². The molecule has 8 heteroatoms. The normalized spacial score (nSPS) is 10.6.